The third-order valence-corrected chi connectivity index (χ3v) is 4.40. The number of hydrogen-bond acceptors (Lipinski definition) is 5. The summed E-state index contributed by atoms with van der Waals surface area (Å²) in [4.78, 5) is 30.4. The van der Waals surface area contributed by atoms with E-state index in [1.165, 1.54) is 0 Å². The first-order valence-electron chi connectivity index (χ1n) is 8.27. The molecule has 2 aliphatic heterocycles. The molecule has 0 saturated carbocycles. The molecular weight excluding hydrogens is 355 g/mol. The van der Waals surface area contributed by atoms with Gasteiger partial charge in [0.15, 0.2) is 0 Å². The Morgan fingerprint density at radius 3 is 2.17 bits per heavy atom. The Morgan fingerprint density at radius 2 is 1.67 bits per heavy atom. The van der Waals surface area contributed by atoms with Crippen LogP contribution in [0.2, 0.25) is 0 Å². The molecule has 9 heteroatoms. The van der Waals surface area contributed by atoms with E-state index in [0.717, 1.165) is 19.6 Å². The van der Waals surface area contributed by atoms with E-state index in [1.807, 2.05) is 9.80 Å². The molecule has 0 aromatic carbocycles. The van der Waals surface area contributed by atoms with Gasteiger partial charge in [0.25, 0.3) is 5.91 Å². The minimum absolute atomic E-state index is 0. The van der Waals surface area contributed by atoms with Crippen LogP contribution in [0.25, 0.3) is 0 Å². The Kier molecular flexibility index (Phi) is 11.6. The number of carbonyl (C=O) groups excluding carboxylic acids is 2. The van der Waals surface area contributed by atoms with Gasteiger partial charge >= 0.3 is 0 Å². The van der Waals surface area contributed by atoms with Crippen LogP contribution in [0.5, 0.6) is 0 Å². The minimum atomic E-state index is -0.369. The maximum atomic E-state index is 12.3. The Hall–Kier alpha value is -0.600. The normalized spacial score (nSPS) is 21.0. The lowest BCUT2D eigenvalue weighted by molar-refractivity contribution is -0.149. The van der Waals surface area contributed by atoms with Gasteiger partial charge in [-0.15, -0.1) is 24.8 Å². The molecule has 1 unspecified atom stereocenters. The molecule has 2 saturated heterocycles. The molecule has 24 heavy (non-hydrogen) atoms. The van der Waals surface area contributed by atoms with Crippen LogP contribution in [-0.4, -0.2) is 98.1 Å². The summed E-state index contributed by atoms with van der Waals surface area (Å²) in [5.41, 5.74) is 0. The van der Waals surface area contributed by atoms with Crippen LogP contribution in [-0.2, 0) is 14.3 Å². The molecule has 2 amide bonds. The second kappa shape index (κ2) is 11.9. The number of piperazine rings is 1. The number of hydrogen-bond donors (Lipinski definition) is 1. The predicted octanol–water partition coefficient (Wildman–Crippen LogP) is -0.169. The van der Waals surface area contributed by atoms with Crippen LogP contribution < -0.4 is 5.32 Å². The number of ether oxygens (including phenoxy) is 1. The van der Waals surface area contributed by atoms with Crippen molar-refractivity contribution in [2.24, 2.45) is 0 Å². The largest absolute Gasteiger partial charge is 0.366 e. The van der Waals surface area contributed by atoms with Crippen molar-refractivity contribution in [2.45, 2.75) is 20.0 Å². The highest BCUT2D eigenvalue weighted by Gasteiger charge is 2.30. The summed E-state index contributed by atoms with van der Waals surface area (Å²) in [6.45, 7) is 10.8. The third-order valence-electron chi connectivity index (χ3n) is 4.40. The fraction of sp³-hybridized carbons (Fsp3) is 0.867. The van der Waals surface area contributed by atoms with Gasteiger partial charge in [0, 0.05) is 39.3 Å². The summed E-state index contributed by atoms with van der Waals surface area (Å²) in [5.74, 6) is 0.203. The zero-order chi connectivity index (χ0) is 15.9. The van der Waals surface area contributed by atoms with Crippen LogP contribution in [0, 0.1) is 0 Å². The summed E-state index contributed by atoms with van der Waals surface area (Å²) < 4.78 is 5.51. The van der Waals surface area contributed by atoms with Crippen molar-refractivity contribution in [1.82, 2.24) is 20.0 Å². The van der Waals surface area contributed by atoms with Gasteiger partial charge in [-0.25, -0.2) is 0 Å². The van der Waals surface area contributed by atoms with E-state index in [-0.39, 0.29) is 42.7 Å². The quantitative estimate of drug-likeness (QED) is 0.712. The number of rotatable bonds is 5. The molecule has 0 aromatic heterocycles. The molecule has 2 rings (SSSR count). The molecule has 0 aliphatic carbocycles. The number of nitrogens with one attached hydrogen (secondary N) is 1. The standard InChI is InChI=1S/C15H28N4O3.2ClH/c1-3-17(4-2)12-14(20)18-6-8-19(9-7-18)15(21)13-11-16-5-10-22-13;;/h13,16H,3-12H2,1-2H3;2*1H. The summed E-state index contributed by atoms with van der Waals surface area (Å²) >= 11 is 0. The number of likely N-dealkylation sites (N-methyl/N-ethyl adjacent to an activating group) is 1. The first-order valence-corrected chi connectivity index (χ1v) is 8.27. The molecule has 2 aliphatic rings. The van der Waals surface area contributed by atoms with E-state index in [1.54, 1.807) is 0 Å². The van der Waals surface area contributed by atoms with Gasteiger partial charge in [-0.3, -0.25) is 14.5 Å². The molecule has 2 fully saturated rings. The van der Waals surface area contributed by atoms with Gasteiger partial charge < -0.3 is 19.9 Å². The molecule has 1 N–H and O–H groups in total. The highest BCUT2D eigenvalue weighted by molar-refractivity contribution is 5.85. The zero-order valence-electron chi connectivity index (χ0n) is 14.5. The fourth-order valence-corrected chi connectivity index (χ4v) is 2.84. The molecule has 0 radical (unpaired) electrons. The molecular formula is C15H30Cl2N4O3. The summed E-state index contributed by atoms with van der Waals surface area (Å²) in [6.07, 6.45) is -0.369. The Morgan fingerprint density at radius 1 is 1.08 bits per heavy atom. The lowest BCUT2D eigenvalue weighted by Crippen LogP contribution is -2.56. The van der Waals surface area contributed by atoms with Crippen molar-refractivity contribution < 1.29 is 14.3 Å². The topological polar surface area (TPSA) is 65.1 Å². The van der Waals surface area contributed by atoms with Crippen molar-refractivity contribution in [3.63, 3.8) is 0 Å². The zero-order valence-corrected chi connectivity index (χ0v) is 16.2. The van der Waals surface area contributed by atoms with Gasteiger partial charge in [0.2, 0.25) is 5.91 Å². The number of halogens is 2. The van der Waals surface area contributed by atoms with Crippen LogP contribution in [0.3, 0.4) is 0 Å². The van der Waals surface area contributed by atoms with Crippen LogP contribution >= 0.6 is 24.8 Å². The second-order valence-corrected chi connectivity index (χ2v) is 5.73. The van der Waals surface area contributed by atoms with Crippen molar-refractivity contribution in [3.05, 3.63) is 0 Å². The molecule has 1 atom stereocenters. The minimum Gasteiger partial charge on any atom is -0.366 e. The predicted molar refractivity (Wildman–Crippen MR) is 98.1 cm³/mol. The van der Waals surface area contributed by atoms with Gasteiger partial charge in [-0.2, -0.15) is 0 Å². The highest BCUT2D eigenvalue weighted by Crippen LogP contribution is 2.08. The highest BCUT2D eigenvalue weighted by atomic mass is 35.5. The van der Waals surface area contributed by atoms with E-state index < -0.39 is 0 Å². The lowest BCUT2D eigenvalue weighted by atomic mass is 10.2. The van der Waals surface area contributed by atoms with Crippen molar-refractivity contribution >= 4 is 36.6 Å². The third kappa shape index (κ3) is 6.37. The van der Waals surface area contributed by atoms with E-state index in [0.29, 0.717) is 45.9 Å². The molecule has 2 heterocycles. The summed E-state index contributed by atoms with van der Waals surface area (Å²) in [6, 6.07) is 0. The Bertz CT molecular complexity index is 383. The first-order chi connectivity index (χ1) is 10.7. The van der Waals surface area contributed by atoms with Gasteiger partial charge in [0.1, 0.15) is 6.10 Å². The molecule has 7 nitrogen and oxygen atoms in total. The van der Waals surface area contributed by atoms with Crippen molar-refractivity contribution in [1.29, 1.82) is 0 Å². The first kappa shape index (κ1) is 23.4. The molecule has 0 spiro atoms. The van der Waals surface area contributed by atoms with Gasteiger partial charge in [-0.05, 0) is 13.1 Å². The monoisotopic (exact) mass is 384 g/mol. The molecule has 0 aromatic rings. The summed E-state index contributed by atoms with van der Waals surface area (Å²) in [5, 5.41) is 3.17. The fourth-order valence-electron chi connectivity index (χ4n) is 2.84. The SMILES string of the molecule is CCN(CC)CC(=O)N1CCN(C(=O)C2CNCCO2)CC1.Cl.Cl. The van der Waals surface area contributed by atoms with Crippen LogP contribution in [0.1, 0.15) is 13.8 Å². The maximum absolute atomic E-state index is 12.3. The molecule has 0 bridgehead atoms. The van der Waals surface area contributed by atoms with E-state index in [9.17, 15) is 9.59 Å². The summed E-state index contributed by atoms with van der Waals surface area (Å²) in [7, 11) is 0. The lowest BCUT2D eigenvalue weighted by Gasteiger charge is -2.37. The van der Waals surface area contributed by atoms with E-state index in [2.05, 4.69) is 24.1 Å². The average Bonchev–Trinajstić information content (AvgIpc) is 2.59. The van der Waals surface area contributed by atoms with Gasteiger partial charge in [-0.1, -0.05) is 13.8 Å². The number of amides is 2. The number of carbonyl (C=O) groups is 2. The van der Waals surface area contributed by atoms with Crippen molar-refractivity contribution in [2.75, 3.05) is 65.5 Å². The van der Waals surface area contributed by atoms with E-state index in [4.69, 9.17) is 4.74 Å². The molecule has 142 valence electrons. The number of morpholine rings is 1. The number of nitrogens with zero attached hydrogens (tertiary/aromatic N) is 3. The van der Waals surface area contributed by atoms with Gasteiger partial charge in [0.05, 0.1) is 13.2 Å². The second-order valence-electron chi connectivity index (χ2n) is 5.73. The van der Waals surface area contributed by atoms with Crippen LogP contribution in [0.4, 0.5) is 0 Å². The average molecular weight is 385 g/mol. The Labute approximate surface area is 156 Å². The maximum Gasteiger partial charge on any atom is 0.253 e. The van der Waals surface area contributed by atoms with E-state index >= 15 is 0 Å². The van der Waals surface area contributed by atoms with Crippen LogP contribution in [0.15, 0.2) is 0 Å². The smallest absolute Gasteiger partial charge is 0.253 e. The van der Waals surface area contributed by atoms with Crippen molar-refractivity contribution in [3.8, 4) is 0 Å². The Balaban J connectivity index is 0.00000264.